The predicted molar refractivity (Wildman–Crippen MR) is 121 cm³/mol. The Hall–Kier alpha value is -2.88. The molecule has 2 aromatic heterocycles. The first-order valence-corrected chi connectivity index (χ1v) is 11.1. The number of anilines is 1. The summed E-state index contributed by atoms with van der Waals surface area (Å²) in [4.78, 5) is 13.8. The number of nitrogens with zero attached hydrogens (tertiary/aromatic N) is 3. The van der Waals surface area contributed by atoms with Crippen LogP contribution in [0.15, 0.2) is 30.5 Å². The molecule has 6 nitrogen and oxygen atoms in total. The molecule has 1 aliphatic rings. The Bertz CT molecular complexity index is 1170. The molecule has 1 aliphatic heterocycles. The van der Waals surface area contributed by atoms with Crippen molar-refractivity contribution in [3.8, 4) is 5.75 Å². The van der Waals surface area contributed by atoms with Crippen molar-refractivity contribution in [2.75, 3.05) is 25.1 Å². The molecule has 0 amide bonds. The van der Waals surface area contributed by atoms with Crippen molar-refractivity contribution < 1.29 is 27.4 Å². The number of rotatable bonds is 7. The summed E-state index contributed by atoms with van der Waals surface area (Å²) in [5.41, 5.74) is -2.67. The molecule has 0 radical (unpaired) electrons. The molecule has 1 atom stereocenters. The van der Waals surface area contributed by atoms with Crippen LogP contribution >= 0.6 is 0 Å². The second kappa shape index (κ2) is 8.72. The Labute approximate surface area is 195 Å². The fourth-order valence-corrected chi connectivity index (χ4v) is 4.76. The van der Waals surface area contributed by atoms with Gasteiger partial charge in [0.1, 0.15) is 11.6 Å². The van der Waals surface area contributed by atoms with E-state index in [-0.39, 0.29) is 11.4 Å². The van der Waals surface area contributed by atoms with Gasteiger partial charge in [-0.2, -0.15) is 13.2 Å². The smallest absolute Gasteiger partial charge is 0.417 e. The lowest BCUT2D eigenvalue weighted by Crippen LogP contribution is -2.51. The molecule has 1 saturated heterocycles. The Morgan fingerprint density at radius 1 is 1.15 bits per heavy atom. The number of ether oxygens (including phenoxy) is 1. The van der Waals surface area contributed by atoms with Crippen LogP contribution in [0.1, 0.15) is 44.4 Å². The molecule has 1 unspecified atom stereocenters. The third-order valence-electron chi connectivity index (χ3n) is 6.44. The minimum atomic E-state index is -4.92. The number of hydrogen-bond acceptors (Lipinski definition) is 5. The lowest BCUT2D eigenvalue weighted by molar-refractivity contribution is -0.266. The van der Waals surface area contributed by atoms with Gasteiger partial charge in [-0.25, -0.2) is 14.4 Å². The van der Waals surface area contributed by atoms with Crippen molar-refractivity contribution >= 4 is 17.0 Å². The van der Waals surface area contributed by atoms with Gasteiger partial charge in [0.15, 0.2) is 5.60 Å². The van der Waals surface area contributed by atoms with Crippen molar-refractivity contribution in [3.05, 3.63) is 47.5 Å². The molecule has 3 heterocycles. The van der Waals surface area contributed by atoms with Gasteiger partial charge < -0.3 is 19.7 Å². The minimum Gasteiger partial charge on any atom is -0.496 e. The molecule has 1 aromatic carbocycles. The van der Waals surface area contributed by atoms with Crippen molar-refractivity contribution in [2.45, 2.75) is 56.7 Å². The molecule has 0 aliphatic carbocycles. The van der Waals surface area contributed by atoms with Crippen LogP contribution in [0.25, 0.3) is 11.0 Å². The van der Waals surface area contributed by atoms with E-state index in [4.69, 9.17) is 4.74 Å². The summed E-state index contributed by atoms with van der Waals surface area (Å²) in [6.07, 6.45) is -2.62. The molecule has 0 bridgehead atoms. The number of fused-ring (bicyclic) bond motifs is 1. The molecule has 34 heavy (non-hydrogen) atoms. The highest BCUT2D eigenvalue weighted by atomic mass is 19.4. The molecule has 1 fully saturated rings. The first-order chi connectivity index (χ1) is 15.9. The maximum atomic E-state index is 14.2. The van der Waals surface area contributed by atoms with Crippen LogP contribution in [0.3, 0.4) is 0 Å². The van der Waals surface area contributed by atoms with E-state index in [0.717, 1.165) is 32.0 Å². The summed E-state index contributed by atoms with van der Waals surface area (Å²) in [6, 6.07) is 5.21. The van der Waals surface area contributed by atoms with Gasteiger partial charge in [0.05, 0.1) is 24.3 Å². The minimum absolute atomic E-state index is 0.129. The molecule has 3 aromatic rings. The monoisotopic (exact) mass is 480 g/mol. The van der Waals surface area contributed by atoms with Crippen molar-refractivity contribution in [3.63, 3.8) is 0 Å². The average molecular weight is 481 g/mol. The van der Waals surface area contributed by atoms with E-state index in [1.807, 2.05) is 4.90 Å². The van der Waals surface area contributed by atoms with E-state index in [1.54, 1.807) is 20.0 Å². The highest BCUT2D eigenvalue weighted by Crippen LogP contribution is 2.45. The van der Waals surface area contributed by atoms with E-state index in [1.165, 1.54) is 25.3 Å². The summed E-state index contributed by atoms with van der Waals surface area (Å²) in [5.74, 6) is 0.117. The molecule has 184 valence electrons. The fraction of sp³-hybridized carbons (Fsp3) is 0.500. The number of aliphatic hydroxyl groups is 1. The Balaban J connectivity index is 1.64. The summed E-state index contributed by atoms with van der Waals surface area (Å²) < 4.78 is 61.5. The molecule has 0 spiro atoms. The van der Waals surface area contributed by atoms with Crippen LogP contribution in [0.5, 0.6) is 5.75 Å². The molecular formula is C24H28F4N4O2. The maximum absolute atomic E-state index is 14.2. The van der Waals surface area contributed by atoms with Gasteiger partial charge in [0.25, 0.3) is 0 Å². The normalized spacial score (nSPS) is 16.8. The van der Waals surface area contributed by atoms with Crippen LogP contribution in [-0.4, -0.2) is 52.0 Å². The van der Waals surface area contributed by atoms with E-state index in [2.05, 4.69) is 15.0 Å². The Morgan fingerprint density at radius 2 is 1.85 bits per heavy atom. The SMILES string of the molecule is COc1cc(F)ccc1C(C)(C)CC(O)(Cc1cc2nc(N3CCCC3)ncc2[nH]1)C(F)(F)F. The van der Waals surface area contributed by atoms with Gasteiger partial charge in [-0.05, 0) is 36.8 Å². The summed E-state index contributed by atoms with van der Waals surface area (Å²) in [5, 5.41) is 11.0. The number of benzene rings is 1. The predicted octanol–water partition coefficient (Wildman–Crippen LogP) is 4.91. The van der Waals surface area contributed by atoms with Gasteiger partial charge in [-0.15, -0.1) is 0 Å². The van der Waals surface area contributed by atoms with Gasteiger partial charge in [-0.1, -0.05) is 19.9 Å². The van der Waals surface area contributed by atoms with Crippen LogP contribution < -0.4 is 9.64 Å². The van der Waals surface area contributed by atoms with E-state index < -0.39 is 35.9 Å². The molecule has 10 heteroatoms. The first-order valence-electron chi connectivity index (χ1n) is 11.1. The molecule has 2 N–H and O–H groups in total. The number of halogens is 4. The van der Waals surface area contributed by atoms with Gasteiger partial charge in [-0.3, -0.25) is 0 Å². The molecule has 4 rings (SSSR count). The second-order valence-corrected chi connectivity index (χ2v) is 9.57. The highest BCUT2D eigenvalue weighted by Gasteiger charge is 2.56. The quantitative estimate of drug-likeness (QED) is 0.470. The first kappa shape index (κ1) is 24.3. The molecular weight excluding hydrogens is 452 g/mol. The third kappa shape index (κ3) is 4.68. The highest BCUT2D eigenvalue weighted by molar-refractivity contribution is 5.76. The van der Waals surface area contributed by atoms with Crippen LogP contribution in [0.2, 0.25) is 0 Å². The van der Waals surface area contributed by atoms with Gasteiger partial charge in [0, 0.05) is 36.8 Å². The van der Waals surface area contributed by atoms with Gasteiger partial charge >= 0.3 is 6.18 Å². The zero-order valence-corrected chi connectivity index (χ0v) is 19.3. The fourth-order valence-electron chi connectivity index (χ4n) is 4.76. The van der Waals surface area contributed by atoms with Crippen molar-refractivity contribution in [1.29, 1.82) is 0 Å². The Morgan fingerprint density at radius 3 is 2.50 bits per heavy atom. The summed E-state index contributed by atoms with van der Waals surface area (Å²) in [6.45, 7) is 4.83. The number of aromatic amines is 1. The van der Waals surface area contributed by atoms with E-state index in [0.29, 0.717) is 22.5 Å². The number of nitrogens with one attached hydrogen (secondary N) is 1. The number of aromatic nitrogens is 3. The zero-order valence-electron chi connectivity index (χ0n) is 19.3. The van der Waals surface area contributed by atoms with Crippen LogP contribution in [-0.2, 0) is 11.8 Å². The zero-order chi connectivity index (χ0) is 24.7. The standard InChI is InChI=1S/C24H28F4N4O2/c1-22(2,17-7-6-15(25)10-20(17)34-3)14-23(33,24(26,27)28)12-16-11-18-19(30-16)13-29-21(31-18)32-8-4-5-9-32/h6-7,10-11,13,30,33H,4-5,8-9,12,14H2,1-3H3. The van der Waals surface area contributed by atoms with Crippen LogP contribution in [0.4, 0.5) is 23.5 Å². The number of H-pyrrole nitrogens is 1. The number of alkyl halides is 3. The largest absolute Gasteiger partial charge is 0.496 e. The lowest BCUT2D eigenvalue weighted by atomic mass is 9.73. The third-order valence-corrected chi connectivity index (χ3v) is 6.44. The lowest BCUT2D eigenvalue weighted by Gasteiger charge is -2.38. The topological polar surface area (TPSA) is 74.3 Å². The molecule has 0 saturated carbocycles. The maximum Gasteiger partial charge on any atom is 0.417 e. The Kier molecular flexibility index (Phi) is 6.22. The van der Waals surface area contributed by atoms with E-state index >= 15 is 0 Å². The number of methoxy groups -OCH3 is 1. The van der Waals surface area contributed by atoms with Crippen molar-refractivity contribution in [2.24, 2.45) is 0 Å². The summed E-state index contributed by atoms with van der Waals surface area (Å²) >= 11 is 0. The summed E-state index contributed by atoms with van der Waals surface area (Å²) in [7, 11) is 1.33. The average Bonchev–Trinajstić information content (AvgIpc) is 3.41. The van der Waals surface area contributed by atoms with E-state index in [9.17, 15) is 22.7 Å². The van der Waals surface area contributed by atoms with Crippen molar-refractivity contribution in [1.82, 2.24) is 15.0 Å². The van der Waals surface area contributed by atoms with Gasteiger partial charge in [0.2, 0.25) is 5.95 Å². The number of hydrogen-bond donors (Lipinski definition) is 2. The second-order valence-electron chi connectivity index (χ2n) is 9.57. The van der Waals surface area contributed by atoms with Crippen LogP contribution in [0, 0.1) is 5.82 Å².